The fourth-order valence-corrected chi connectivity index (χ4v) is 2.72. The molecular weight excluding hydrogens is 356 g/mol. The Labute approximate surface area is 153 Å². The Hall–Kier alpha value is -3.29. The number of rotatable bonds is 5. The van der Waals surface area contributed by atoms with Gasteiger partial charge in [0, 0.05) is 11.6 Å². The number of hydrogen-bond acceptors (Lipinski definition) is 3. The first-order chi connectivity index (χ1) is 12.8. The van der Waals surface area contributed by atoms with Gasteiger partial charge >= 0.3 is 0 Å². The van der Waals surface area contributed by atoms with Crippen LogP contribution in [0.15, 0.2) is 36.4 Å². The van der Waals surface area contributed by atoms with E-state index < -0.39 is 23.4 Å². The van der Waals surface area contributed by atoms with Crippen LogP contribution in [-0.4, -0.2) is 17.7 Å². The van der Waals surface area contributed by atoms with E-state index in [0.29, 0.717) is 0 Å². The van der Waals surface area contributed by atoms with E-state index in [1.54, 1.807) is 0 Å². The quantitative estimate of drug-likeness (QED) is 0.751. The maximum Gasteiger partial charge on any atom is 0.257 e. The minimum atomic E-state index is -0.985. The molecule has 0 aliphatic heterocycles. The van der Waals surface area contributed by atoms with Gasteiger partial charge in [-0.25, -0.2) is 8.78 Å². The molecule has 0 aromatic heterocycles. The molecular formula is C19H17F2N3O3. The topological polar surface area (TPSA) is 101 Å². The van der Waals surface area contributed by atoms with Gasteiger partial charge in [-0.2, -0.15) is 0 Å². The van der Waals surface area contributed by atoms with Crippen LogP contribution in [0, 0.1) is 23.5 Å². The van der Waals surface area contributed by atoms with Crippen LogP contribution in [0.3, 0.4) is 0 Å². The van der Waals surface area contributed by atoms with Gasteiger partial charge in [-0.15, -0.1) is 0 Å². The lowest BCUT2D eigenvalue weighted by Crippen LogP contribution is -2.20. The van der Waals surface area contributed by atoms with E-state index in [2.05, 4.69) is 10.6 Å². The second-order valence-corrected chi connectivity index (χ2v) is 6.51. The van der Waals surface area contributed by atoms with Crippen molar-refractivity contribution in [1.29, 1.82) is 0 Å². The molecule has 27 heavy (non-hydrogen) atoms. The highest BCUT2D eigenvalue weighted by molar-refractivity contribution is 6.10. The number of hydrogen-bond donors (Lipinski definition) is 3. The number of nitrogens with two attached hydrogens (primary N) is 1. The molecule has 0 saturated heterocycles. The summed E-state index contributed by atoms with van der Waals surface area (Å²) in [5, 5.41) is 5.08. The van der Waals surface area contributed by atoms with Crippen LogP contribution >= 0.6 is 0 Å². The Balaban J connectivity index is 1.84. The SMILES string of the molecule is C[C@@H]1C[C@@H]1C(=O)Nc1ccc(F)cc1C(=O)Nc1ccc(F)c(C(N)=O)c1. The van der Waals surface area contributed by atoms with Crippen molar-refractivity contribution in [3.63, 3.8) is 0 Å². The van der Waals surface area contributed by atoms with Gasteiger partial charge in [-0.1, -0.05) is 6.92 Å². The Morgan fingerprint density at radius 3 is 2.37 bits per heavy atom. The summed E-state index contributed by atoms with van der Waals surface area (Å²) in [6.45, 7) is 1.94. The number of primary amides is 1. The van der Waals surface area contributed by atoms with Crippen molar-refractivity contribution in [2.24, 2.45) is 17.6 Å². The molecule has 0 unspecified atom stereocenters. The average Bonchev–Trinajstić information content (AvgIpc) is 3.34. The van der Waals surface area contributed by atoms with E-state index in [0.717, 1.165) is 30.7 Å². The Morgan fingerprint density at radius 1 is 1.04 bits per heavy atom. The first-order valence-corrected chi connectivity index (χ1v) is 8.27. The van der Waals surface area contributed by atoms with Gasteiger partial charge < -0.3 is 16.4 Å². The zero-order chi connectivity index (χ0) is 19.7. The van der Waals surface area contributed by atoms with Crippen molar-refractivity contribution in [3.8, 4) is 0 Å². The molecule has 2 aromatic carbocycles. The molecule has 2 atom stereocenters. The predicted molar refractivity (Wildman–Crippen MR) is 95.2 cm³/mol. The van der Waals surface area contributed by atoms with Gasteiger partial charge in [0.05, 0.1) is 16.8 Å². The van der Waals surface area contributed by atoms with Gasteiger partial charge in [0.15, 0.2) is 0 Å². The smallest absolute Gasteiger partial charge is 0.257 e. The van der Waals surface area contributed by atoms with Crippen molar-refractivity contribution in [2.75, 3.05) is 10.6 Å². The van der Waals surface area contributed by atoms with E-state index >= 15 is 0 Å². The largest absolute Gasteiger partial charge is 0.366 e. The van der Waals surface area contributed by atoms with Crippen molar-refractivity contribution in [1.82, 2.24) is 0 Å². The lowest BCUT2D eigenvalue weighted by molar-refractivity contribution is -0.117. The molecule has 0 heterocycles. The highest BCUT2D eigenvalue weighted by Crippen LogP contribution is 2.38. The molecule has 0 bridgehead atoms. The minimum absolute atomic E-state index is 0.0957. The molecule has 1 saturated carbocycles. The average molecular weight is 373 g/mol. The summed E-state index contributed by atoms with van der Waals surface area (Å²) in [6.07, 6.45) is 0.764. The fourth-order valence-electron chi connectivity index (χ4n) is 2.72. The zero-order valence-corrected chi connectivity index (χ0v) is 14.4. The number of anilines is 2. The van der Waals surface area contributed by atoms with E-state index in [1.807, 2.05) is 6.92 Å². The monoisotopic (exact) mass is 373 g/mol. The molecule has 140 valence electrons. The third-order valence-corrected chi connectivity index (χ3v) is 4.42. The van der Waals surface area contributed by atoms with Crippen LogP contribution in [0.2, 0.25) is 0 Å². The highest BCUT2D eigenvalue weighted by atomic mass is 19.1. The summed E-state index contributed by atoms with van der Waals surface area (Å²) in [6, 6.07) is 6.72. The van der Waals surface area contributed by atoms with Crippen molar-refractivity contribution in [3.05, 3.63) is 59.2 Å². The predicted octanol–water partition coefficient (Wildman–Crippen LogP) is 2.91. The number of benzene rings is 2. The first-order valence-electron chi connectivity index (χ1n) is 8.27. The molecule has 2 aromatic rings. The summed E-state index contributed by atoms with van der Waals surface area (Å²) in [7, 11) is 0. The lowest BCUT2D eigenvalue weighted by atomic mass is 10.1. The van der Waals surface area contributed by atoms with E-state index in [9.17, 15) is 23.2 Å². The summed E-state index contributed by atoms with van der Waals surface area (Å²) >= 11 is 0. The Morgan fingerprint density at radius 2 is 1.74 bits per heavy atom. The zero-order valence-electron chi connectivity index (χ0n) is 14.4. The van der Waals surface area contributed by atoms with Gasteiger partial charge in [0.1, 0.15) is 11.6 Å². The number of amides is 3. The third kappa shape index (κ3) is 4.11. The fraction of sp³-hybridized carbons (Fsp3) is 0.211. The molecule has 8 heteroatoms. The summed E-state index contributed by atoms with van der Waals surface area (Å²) in [5.74, 6) is -3.28. The molecule has 1 aliphatic rings. The molecule has 3 rings (SSSR count). The van der Waals surface area contributed by atoms with Gasteiger partial charge in [-0.05, 0) is 48.7 Å². The van der Waals surface area contributed by atoms with Crippen LogP contribution in [-0.2, 0) is 4.79 Å². The minimum Gasteiger partial charge on any atom is -0.366 e. The van der Waals surface area contributed by atoms with Crippen LogP contribution in [0.5, 0.6) is 0 Å². The number of carbonyl (C=O) groups excluding carboxylic acids is 3. The molecule has 0 radical (unpaired) electrons. The van der Waals surface area contributed by atoms with E-state index in [-0.39, 0.29) is 40.2 Å². The van der Waals surface area contributed by atoms with Gasteiger partial charge in [-0.3, -0.25) is 14.4 Å². The highest BCUT2D eigenvalue weighted by Gasteiger charge is 2.39. The van der Waals surface area contributed by atoms with Crippen LogP contribution in [0.4, 0.5) is 20.2 Å². The Bertz CT molecular complexity index is 946. The number of nitrogens with one attached hydrogen (secondary N) is 2. The van der Waals surface area contributed by atoms with Gasteiger partial charge in [0.25, 0.3) is 11.8 Å². The summed E-state index contributed by atoms with van der Waals surface area (Å²) in [5.41, 5.74) is 4.87. The van der Waals surface area contributed by atoms with Crippen LogP contribution in [0.25, 0.3) is 0 Å². The maximum atomic E-state index is 13.6. The number of carbonyl (C=O) groups is 3. The molecule has 1 aliphatic carbocycles. The molecule has 4 N–H and O–H groups in total. The van der Waals surface area contributed by atoms with Crippen LogP contribution in [0.1, 0.15) is 34.1 Å². The van der Waals surface area contributed by atoms with E-state index in [4.69, 9.17) is 5.73 Å². The molecule has 6 nitrogen and oxygen atoms in total. The second kappa shape index (κ2) is 7.14. The summed E-state index contributed by atoms with van der Waals surface area (Å²) in [4.78, 5) is 35.9. The van der Waals surface area contributed by atoms with Crippen molar-refractivity contribution >= 4 is 29.1 Å². The van der Waals surface area contributed by atoms with Crippen molar-refractivity contribution in [2.45, 2.75) is 13.3 Å². The number of halogens is 2. The first kappa shape index (κ1) is 18.5. The molecule has 3 amide bonds. The standard InChI is InChI=1S/C19H17F2N3O3/c1-9-6-12(9)18(26)24-16-5-2-10(20)7-14(16)19(27)23-11-3-4-15(21)13(8-11)17(22)25/h2-5,7-9,12H,6H2,1H3,(H2,22,25)(H,23,27)(H,24,26)/t9-,12+/m1/s1. The molecule has 1 fully saturated rings. The van der Waals surface area contributed by atoms with Gasteiger partial charge in [0.2, 0.25) is 5.91 Å². The lowest BCUT2D eigenvalue weighted by Gasteiger charge is -2.12. The maximum absolute atomic E-state index is 13.6. The normalized spacial score (nSPS) is 17.9. The van der Waals surface area contributed by atoms with Crippen LogP contribution < -0.4 is 16.4 Å². The Kier molecular flexibility index (Phi) is 4.89. The van der Waals surface area contributed by atoms with Crippen molar-refractivity contribution < 1.29 is 23.2 Å². The third-order valence-electron chi connectivity index (χ3n) is 4.42. The van der Waals surface area contributed by atoms with E-state index in [1.165, 1.54) is 12.1 Å². The summed E-state index contributed by atoms with van der Waals surface area (Å²) < 4.78 is 27.2. The second-order valence-electron chi connectivity index (χ2n) is 6.51. The molecule has 0 spiro atoms.